The van der Waals surface area contributed by atoms with Crippen molar-refractivity contribution in [2.24, 2.45) is 7.05 Å². The van der Waals surface area contributed by atoms with Gasteiger partial charge in [0.2, 0.25) is 11.1 Å². The Balaban J connectivity index is 1.52. The van der Waals surface area contributed by atoms with Gasteiger partial charge in [-0.1, -0.05) is 42.8 Å². The zero-order chi connectivity index (χ0) is 19.5. The molecule has 1 saturated carbocycles. The molecule has 2 aromatic heterocycles. The van der Waals surface area contributed by atoms with E-state index in [1.165, 1.54) is 16.4 Å². The number of nitrogens with zero attached hydrogens (tertiary/aromatic N) is 6. The number of fused-ring (bicyclic) bond motifs is 1. The predicted octanol–water partition coefficient (Wildman–Crippen LogP) is 1.44. The number of rotatable bonds is 6. The minimum absolute atomic E-state index is 0.0529. The molecule has 0 aliphatic heterocycles. The SMILES string of the molecule is Cn1nnnc1SCC(=O)NCc1nn(C2CCCC2)c(=O)c2ccccc12. The first-order valence-corrected chi connectivity index (χ1v) is 10.2. The van der Waals surface area contributed by atoms with Gasteiger partial charge in [-0.3, -0.25) is 9.59 Å². The number of benzene rings is 1. The van der Waals surface area contributed by atoms with Crippen molar-refractivity contribution in [3.05, 3.63) is 40.3 Å². The van der Waals surface area contributed by atoms with E-state index >= 15 is 0 Å². The van der Waals surface area contributed by atoms with E-state index in [2.05, 4.69) is 25.9 Å². The minimum atomic E-state index is -0.141. The summed E-state index contributed by atoms with van der Waals surface area (Å²) < 4.78 is 3.14. The van der Waals surface area contributed by atoms with Crippen LogP contribution in [0.1, 0.15) is 37.4 Å². The van der Waals surface area contributed by atoms with Gasteiger partial charge in [0.05, 0.1) is 29.4 Å². The van der Waals surface area contributed by atoms with E-state index in [4.69, 9.17) is 0 Å². The van der Waals surface area contributed by atoms with Crippen LogP contribution in [0.15, 0.2) is 34.2 Å². The summed E-state index contributed by atoms with van der Waals surface area (Å²) in [7, 11) is 1.72. The lowest BCUT2D eigenvalue weighted by molar-refractivity contribution is -0.118. The van der Waals surface area contributed by atoms with Crippen molar-refractivity contribution in [3.8, 4) is 0 Å². The normalized spacial score (nSPS) is 14.6. The second kappa shape index (κ2) is 8.09. The van der Waals surface area contributed by atoms with Crippen molar-refractivity contribution < 1.29 is 4.79 Å². The van der Waals surface area contributed by atoms with Gasteiger partial charge >= 0.3 is 0 Å². The molecule has 0 spiro atoms. The van der Waals surface area contributed by atoms with Crippen molar-refractivity contribution in [2.45, 2.75) is 43.4 Å². The molecule has 2 heterocycles. The number of hydrogen-bond acceptors (Lipinski definition) is 7. The Morgan fingerprint density at radius 1 is 1.25 bits per heavy atom. The first-order valence-electron chi connectivity index (χ1n) is 9.26. The van der Waals surface area contributed by atoms with Gasteiger partial charge in [0.25, 0.3) is 5.56 Å². The molecular weight excluding hydrogens is 378 g/mol. The fourth-order valence-electron chi connectivity index (χ4n) is 3.51. The largest absolute Gasteiger partial charge is 0.350 e. The Kier molecular flexibility index (Phi) is 5.38. The van der Waals surface area contributed by atoms with Crippen molar-refractivity contribution in [1.29, 1.82) is 0 Å². The Labute approximate surface area is 165 Å². The van der Waals surface area contributed by atoms with Crippen LogP contribution in [-0.2, 0) is 18.4 Å². The lowest BCUT2D eigenvalue weighted by Crippen LogP contribution is -2.31. The van der Waals surface area contributed by atoms with Crippen LogP contribution in [0.2, 0.25) is 0 Å². The molecule has 1 fully saturated rings. The molecule has 1 aliphatic carbocycles. The molecule has 1 aromatic carbocycles. The molecule has 10 heteroatoms. The molecule has 0 bridgehead atoms. The zero-order valence-corrected chi connectivity index (χ0v) is 16.4. The van der Waals surface area contributed by atoms with Crippen LogP contribution in [0.4, 0.5) is 0 Å². The quantitative estimate of drug-likeness (QED) is 0.625. The van der Waals surface area contributed by atoms with Gasteiger partial charge in [0.15, 0.2) is 0 Å². The molecule has 0 radical (unpaired) electrons. The molecule has 0 saturated heterocycles. The second-order valence-corrected chi connectivity index (χ2v) is 7.77. The number of thioether (sulfide) groups is 1. The Morgan fingerprint density at radius 2 is 2.00 bits per heavy atom. The average molecular weight is 399 g/mol. The molecule has 1 N–H and O–H groups in total. The topological polar surface area (TPSA) is 108 Å². The maximum Gasteiger partial charge on any atom is 0.274 e. The summed E-state index contributed by atoms with van der Waals surface area (Å²) in [5.41, 5.74) is 0.656. The van der Waals surface area contributed by atoms with E-state index < -0.39 is 0 Å². The smallest absolute Gasteiger partial charge is 0.274 e. The van der Waals surface area contributed by atoms with Gasteiger partial charge < -0.3 is 5.32 Å². The highest BCUT2D eigenvalue weighted by Crippen LogP contribution is 2.28. The summed E-state index contributed by atoms with van der Waals surface area (Å²) >= 11 is 1.27. The third-order valence-corrected chi connectivity index (χ3v) is 5.95. The van der Waals surface area contributed by atoms with E-state index in [9.17, 15) is 9.59 Å². The van der Waals surface area contributed by atoms with Gasteiger partial charge in [-0.15, -0.1) is 5.10 Å². The summed E-state index contributed by atoms with van der Waals surface area (Å²) in [5.74, 6) is 0.0616. The lowest BCUT2D eigenvalue weighted by atomic mass is 10.1. The predicted molar refractivity (Wildman–Crippen MR) is 105 cm³/mol. The van der Waals surface area contributed by atoms with E-state index in [0.29, 0.717) is 16.2 Å². The van der Waals surface area contributed by atoms with Crippen molar-refractivity contribution in [1.82, 2.24) is 35.3 Å². The summed E-state index contributed by atoms with van der Waals surface area (Å²) in [4.78, 5) is 25.1. The summed E-state index contributed by atoms with van der Waals surface area (Å²) in [5, 5.41) is 20.7. The molecule has 0 atom stereocenters. The van der Waals surface area contributed by atoms with Crippen molar-refractivity contribution >= 4 is 28.4 Å². The number of amides is 1. The highest BCUT2D eigenvalue weighted by Gasteiger charge is 2.21. The first-order chi connectivity index (χ1) is 13.6. The lowest BCUT2D eigenvalue weighted by Gasteiger charge is -2.16. The number of aromatic nitrogens is 6. The summed E-state index contributed by atoms with van der Waals surface area (Å²) in [6.07, 6.45) is 4.18. The van der Waals surface area contributed by atoms with Crippen LogP contribution in [0, 0.1) is 0 Å². The molecule has 1 aliphatic rings. The van der Waals surface area contributed by atoms with Gasteiger partial charge in [-0.25, -0.2) is 9.36 Å². The maximum absolute atomic E-state index is 12.9. The summed E-state index contributed by atoms with van der Waals surface area (Å²) in [6.45, 7) is 0.268. The van der Waals surface area contributed by atoms with Crippen LogP contribution in [0.5, 0.6) is 0 Å². The molecule has 9 nitrogen and oxygen atoms in total. The average Bonchev–Trinajstić information content (AvgIpc) is 3.38. The fraction of sp³-hybridized carbons (Fsp3) is 0.444. The minimum Gasteiger partial charge on any atom is -0.350 e. The van der Waals surface area contributed by atoms with Crippen molar-refractivity contribution in [3.63, 3.8) is 0 Å². The molecule has 1 amide bonds. The van der Waals surface area contributed by atoms with Crippen LogP contribution < -0.4 is 10.9 Å². The van der Waals surface area contributed by atoms with Crippen LogP contribution in [-0.4, -0.2) is 41.6 Å². The first kappa shape index (κ1) is 18.6. The Morgan fingerprint density at radius 3 is 2.71 bits per heavy atom. The van der Waals surface area contributed by atoms with Crippen molar-refractivity contribution in [2.75, 3.05) is 5.75 Å². The number of aryl methyl sites for hydroxylation is 1. The Bertz CT molecular complexity index is 1060. The number of carbonyl (C=O) groups is 1. The summed E-state index contributed by atoms with van der Waals surface area (Å²) in [6, 6.07) is 7.59. The van der Waals surface area contributed by atoms with Gasteiger partial charge in [0.1, 0.15) is 0 Å². The Hall–Kier alpha value is -2.75. The van der Waals surface area contributed by atoms with Gasteiger partial charge in [0, 0.05) is 12.4 Å². The molecule has 3 aromatic rings. The van der Waals surface area contributed by atoms with Crippen LogP contribution in [0.25, 0.3) is 10.8 Å². The third-order valence-electron chi connectivity index (χ3n) is 4.94. The number of hydrogen-bond donors (Lipinski definition) is 1. The second-order valence-electron chi connectivity index (χ2n) is 6.83. The molecule has 146 valence electrons. The van der Waals surface area contributed by atoms with Gasteiger partial charge in [-0.05, 0) is 29.3 Å². The molecule has 4 rings (SSSR count). The van der Waals surface area contributed by atoms with Crippen LogP contribution >= 0.6 is 11.8 Å². The van der Waals surface area contributed by atoms with E-state index in [1.54, 1.807) is 11.7 Å². The van der Waals surface area contributed by atoms with E-state index in [0.717, 1.165) is 31.1 Å². The standard InChI is InChI=1S/C18H21N7O2S/c1-24-18(20-22-23-24)28-11-16(26)19-10-15-13-8-4-5-9-14(13)17(27)25(21-15)12-6-2-3-7-12/h4-5,8-9,12H,2-3,6-7,10-11H2,1H3,(H,19,26). The highest BCUT2D eigenvalue weighted by molar-refractivity contribution is 7.99. The molecule has 28 heavy (non-hydrogen) atoms. The monoisotopic (exact) mass is 399 g/mol. The fourth-order valence-corrected chi connectivity index (χ4v) is 4.19. The number of tetrazole rings is 1. The van der Waals surface area contributed by atoms with E-state index in [1.807, 2.05) is 24.3 Å². The number of carbonyl (C=O) groups excluding carboxylic acids is 1. The molecule has 0 unspecified atom stereocenters. The van der Waals surface area contributed by atoms with E-state index in [-0.39, 0.29) is 29.8 Å². The third kappa shape index (κ3) is 3.77. The number of nitrogens with one attached hydrogen (secondary N) is 1. The highest BCUT2D eigenvalue weighted by atomic mass is 32.2. The zero-order valence-electron chi connectivity index (χ0n) is 15.5. The van der Waals surface area contributed by atoms with Gasteiger partial charge in [-0.2, -0.15) is 5.10 Å². The maximum atomic E-state index is 12.9. The molecular formula is C18H21N7O2S. The van der Waals surface area contributed by atoms with Crippen LogP contribution in [0.3, 0.4) is 0 Å².